The summed E-state index contributed by atoms with van der Waals surface area (Å²) in [5, 5.41) is 15.1. The Labute approximate surface area is 197 Å². The number of rotatable bonds is 4. The molecule has 1 aliphatic rings. The van der Waals surface area contributed by atoms with Gasteiger partial charge in [0, 0.05) is 19.1 Å². The Morgan fingerprint density at radius 1 is 1.09 bits per heavy atom. The van der Waals surface area contributed by atoms with Gasteiger partial charge in [-0.1, -0.05) is 12.1 Å². The lowest BCUT2D eigenvalue weighted by atomic mass is 10.0. The number of likely N-dealkylation sites (tertiary alicyclic amines) is 1. The van der Waals surface area contributed by atoms with Crippen molar-refractivity contribution in [2.75, 3.05) is 25.5 Å². The normalized spacial score (nSPS) is 14.6. The summed E-state index contributed by atoms with van der Waals surface area (Å²) in [6.45, 7) is -0.187. The van der Waals surface area contributed by atoms with E-state index in [1.165, 1.54) is 19.4 Å². The zero-order chi connectivity index (χ0) is 25.2. The molecule has 0 unspecified atom stereocenters. The number of methoxy groups -OCH3 is 1. The molecule has 0 spiro atoms. The number of alkyl halides is 3. The van der Waals surface area contributed by atoms with Crippen molar-refractivity contribution in [1.29, 1.82) is 0 Å². The van der Waals surface area contributed by atoms with E-state index in [1.54, 1.807) is 24.3 Å². The van der Waals surface area contributed by atoms with E-state index in [4.69, 9.17) is 4.74 Å². The number of ether oxygens (including phenoxy) is 1. The van der Waals surface area contributed by atoms with Crippen LogP contribution in [-0.4, -0.2) is 64.3 Å². The minimum absolute atomic E-state index is 0.0203. The molecule has 3 amide bonds. The average molecular weight is 489 g/mol. The standard InChI is InChI=1S/C23H22F3N5O4/c1-35-19-11-14(3-5-18(19)32)13-2-4-16-17(10-13)29-20(12-27-16)30-22(34)28-15-6-8-31(9-7-15)21(33)23(24,25)26/h2-5,10-12,15,32H,6-9H2,1H3,(H2,28,29,30,34). The molecule has 35 heavy (non-hydrogen) atoms. The molecule has 1 saturated heterocycles. The first-order valence-electron chi connectivity index (χ1n) is 10.7. The maximum Gasteiger partial charge on any atom is 0.471 e. The van der Waals surface area contributed by atoms with Gasteiger partial charge >= 0.3 is 18.1 Å². The average Bonchev–Trinajstić information content (AvgIpc) is 2.83. The molecule has 2 heterocycles. The van der Waals surface area contributed by atoms with Gasteiger partial charge in [0.05, 0.1) is 24.3 Å². The summed E-state index contributed by atoms with van der Waals surface area (Å²) in [7, 11) is 1.46. The largest absolute Gasteiger partial charge is 0.504 e. The number of hydrogen-bond acceptors (Lipinski definition) is 6. The van der Waals surface area contributed by atoms with Crippen molar-refractivity contribution in [3.63, 3.8) is 0 Å². The molecule has 1 aromatic heterocycles. The van der Waals surface area contributed by atoms with E-state index in [-0.39, 0.29) is 43.5 Å². The second-order valence-corrected chi connectivity index (χ2v) is 8.01. The molecular formula is C23H22F3N5O4. The summed E-state index contributed by atoms with van der Waals surface area (Å²) >= 11 is 0. The number of halogens is 3. The second kappa shape index (κ2) is 9.65. The Hall–Kier alpha value is -4.09. The van der Waals surface area contributed by atoms with Crippen LogP contribution in [0.25, 0.3) is 22.2 Å². The van der Waals surface area contributed by atoms with Crippen molar-refractivity contribution >= 4 is 28.8 Å². The highest BCUT2D eigenvalue weighted by Gasteiger charge is 2.43. The molecule has 9 nitrogen and oxygen atoms in total. The van der Waals surface area contributed by atoms with E-state index in [0.717, 1.165) is 16.0 Å². The summed E-state index contributed by atoms with van der Waals surface area (Å²) < 4.78 is 42.8. The van der Waals surface area contributed by atoms with Crippen molar-refractivity contribution in [2.45, 2.75) is 25.1 Å². The summed E-state index contributed by atoms with van der Waals surface area (Å²) in [6.07, 6.45) is -3.09. The van der Waals surface area contributed by atoms with Crippen LogP contribution in [0.1, 0.15) is 12.8 Å². The molecule has 4 rings (SSSR count). The molecule has 184 valence electrons. The summed E-state index contributed by atoms with van der Waals surface area (Å²) in [5.41, 5.74) is 2.71. The first-order chi connectivity index (χ1) is 16.6. The number of nitrogens with zero attached hydrogens (tertiary/aromatic N) is 3. The number of piperidine rings is 1. The highest BCUT2D eigenvalue weighted by atomic mass is 19.4. The predicted octanol–water partition coefficient (Wildman–Crippen LogP) is 3.69. The summed E-state index contributed by atoms with van der Waals surface area (Å²) in [6, 6.07) is 9.40. The Morgan fingerprint density at radius 2 is 1.77 bits per heavy atom. The number of benzene rings is 2. The van der Waals surface area contributed by atoms with Gasteiger partial charge < -0.3 is 20.1 Å². The van der Waals surface area contributed by atoms with E-state index in [2.05, 4.69) is 20.6 Å². The van der Waals surface area contributed by atoms with Gasteiger partial charge in [-0.05, 0) is 48.2 Å². The van der Waals surface area contributed by atoms with E-state index in [1.807, 2.05) is 6.07 Å². The summed E-state index contributed by atoms with van der Waals surface area (Å²) in [4.78, 5) is 33.2. The maximum atomic E-state index is 12.6. The second-order valence-electron chi connectivity index (χ2n) is 8.01. The molecule has 3 N–H and O–H groups in total. The lowest BCUT2D eigenvalue weighted by Crippen LogP contribution is -2.50. The van der Waals surface area contributed by atoms with E-state index < -0.39 is 18.1 Å². The maximum absolute atomic E-state index is 12.6. The molecule has 0 aliphatic carbocycles. The van der Waals surface area contributed by atoms with Crippen LogP contribution in [0.5, 0.6) is 11.5 Å². The van der Waals surface area contributed by atoms with Crippen molar-refractivity contribution in [3.05, 3.63) is 42.6 Å². The minimum Gasteiger partial charge on any atom is -0.504 e. The van der Waals surface area contributed by atoms with Crippen LogP contribution in [0, 0.1) is 0 Å². The molecule has 1 fully saturated rings. The van der Waals surface area contributed by atoms with E-state index in [0.29, 0.717) is 16.8 Å². The number of hydrogen-bond donors (Lipinski definition) is 3. The number of amides is 3. The van der Waals surface area contributed by atoms with E-state index in [9.17, 15) is 27.9 Å². The molecule has 1 aliphatic heterocycles. The number of phenols is 1. The van der Waals surface area contributed by atoms with Crippen LogP contribution < -0.4 is 15.4 Å². The fraction of sp³-hybridized carbons (Fsp3) is 0.304. The third-order valence-electron chi connectivity index (χ3n) is 5.66. The molecular weight excluding hydrogens is 467 g/mol. The Bertz CT molecular complexity index is 1260. The number of phenolic OH excluding ortho intramolecular Hbond substituents is 1. The molecule has 0 atom stereocenters. The van der Waals surface area contributed by atoms with Crippen LogP contribution in [0.4, 0.5) is 23.8 Å². The monoisotopic (exact) mass is 489 g/mol. The van der Waals surface area contributed by atoms with Gasteiger partial charge in [-0.15, -0.1) is 0 Å². The molecule has 0 radical (unpaired) electrons. The van der Waals surface area contributed by atoms with Crippen LogP contribution in [-0.2, 0) is 4.79 Å². The van der Waals surface area contributed by atoms with Gasteiger partial charge in [0.2, 0.25) is 0 Å². The Balaban J connectivity index is 1.40. The minimum atomic E-state index is -4.90. The zero-order valence-corrected chi connectivity index (χ0v) is 18.6. The number of aromatic hydroxyl groups is 1. The van der Waals surface area contributed by atoms with Crippen molar-refractivity contribution in [3.8, 4) is 22.6 Å². The van der Waals surface area contributed by atoms with E-state index >= 15 is 0 Å². The number of urea groups is 1. The van der Waals surface area contributed by atoms with Gasteiger partial charge in [0.25, 0.3) is 0 Å². The number of carbonyl (C=O) groups is 2. The van der Waals surface area contributed by atoms with Gasteiger partial charge in [0.1, 0.15) is 0 Å². The topological polar surface area (TPSA) is 117 Å². The highest BCUT2D eigenvalue weighted by molar-refractivity contribution is 5.90. The lowest BCUT2D eigenvalue weighted by molar-refractivity contribution is -0.186. The Kier molecular flexibility index (Phi) is 6.63. The van der Waals surface area contributed by atoms with Gasteiger partial charge in [-0.3, -0.25) is 15.1 Å². The third-order valence-corrected chi connectivity index (χ3v) is 5.66. The molecule has 0 bridgehead atoms. The molecule has 0 saturated carbocycles. The molecule has 12 heteroatoms. The first-order valence-corrected chi connectivity index (χ1v) is 10.7. The van der Waals surface area contributed by atoms with Crippen molar-refractivity contribution in [2.24, 2.45) is 0 Å². The van der Waals surface area contributed by atoms with Gasteiger partial charge in [-0.2, -0.15) is 13.2 Å². The van der Waals surface area contributed by atoms with Crippen molar-refractivity contribution < 1.29 is 32.6 Å². The number of nitrogens with one attached hydrogen (secondary N) is 2. The summed E-state index contributed by atoms with van der Waals surface area (Å²) in [5.74, 6) is -1.32. The third kappa shape index (κ3) is 5.53. The molecule has 2 aromatic carbocycles. The van der Waals surface area contributed by atoms with Gasteiger partial charge in [-0.25, -0.2) is 9.78 Å². The van der Waals surface area contributed by atoms with Crippen LogP contribution in [0.3, 0.4) is 0 Å². The predicted molar refractivity (Wildman–Crippen MR) is 121 cm³/mol. The van der Waals surface area contributed by atoms with Crippen LogP contribution >= 0.6 is 0 Å². The van der Waals surface area contributed by atoms with Crippen LogP contribution in [0.15, 0.2) is 42.6 Å². The quantitative estimate of drug-likeness (QED) is 0.515. The SMILES string of the molecule is COc1cc(-c2ccc3ncc(NC(=O)NC4CCN(C(=O)C(F)(F)F)CC4)nc3c2)ccc1O. The fourth-order valence-corrected chi connectivity index (χ4v) is 3.85. The number of aromatic nitrogens is 2. The zero-order valence-electron chi connectivity index (χ0n) is 18.6. The van der Waals surface area contributed by atoms with Gasteiger partial charge in [0.15, 0.2) is 17.3 Å². The first kappa shape index (κ1) is 24.0. The number of anilines is 1. The van der Waals surface area contributed by atoms with Crippen molar-refractivity contribution in [1.82, 2.24) is 20.2 Å². The van der Waals surface area contributed by atoms with Crippen LogP contribution in [0.2, 0.25) is 0 Å². The molecule has 3 aromatic rings. The fourth-order valence-electron chi connectivity index (χ4n) is 3.85. The lowest BCUT2D eigenvalue weighted by Gasteiger charge is -2.32. The number of carbonyl (C=O) groups excluding carboxylic acids is 2. The Morgan fingerprint density at radius 3 is 2.46 bits per heavy atom. The number of fused-ring (bicyclic) bond motifs is 1. The smallest absolute Gasteiger partial charge is 0.471 e. The highest BCUT2D eigenvalue weighted by Crippen LogP contribution is 2.32.